The van der Waals surface area contributed by atoms with Crippen LogP contribution in [0.15, 0.2) is 24.3 Å². The van der Waals surface area contributed by atoms with Crippen molar-refractivity contribution in [1.82, 2.24) is 0 Å². The molecule has 0 bridgehead atoms. The van der Waals surface area contributed by atoms with E-state index in [9.17, 15) is 35.8 Å². The molecule has 0 saturated carbocycles. The number of aliphatic hydroxyl groups excluding tert-OH is 1. The number of anilines is 1. The highest BCUT2D eigenvalue weighted by atomic mass is 19.4. The molecule has 0 radical (unpaired) electrons. The molecule has 1 rings (SSSR count). The molecule has 1 N–H and O–H groups in total. The lowest BCUT2D eigenvalue weighted by Gasteiger charge is -2.30. The van der Waals surface area contributed by atoms with Crippen LogP contribution in [0.3, 0.4) is 0 Å². The van der Waals surface area contributed by atoms with Gasteiger partial charge in [-0.1, -0.05) is 18.2 Å². The Kier molecular flexibility index (Phi) is 5.01. The highest BCUT2D eigenvalue weighted by Gasteiger charge is 2.72. The molecule has 0 aromatic heterocycles. The van der Waals surface area contributed by atoms with Crippen LogP contribution in [0.4, 0.5) is 36.4 Å². The third-order valence-electron chi connectivity index (χ3n) is 3.04. The molecule has 0 aliphatic carbocycles. The van der Waals surface area contributed by atoms with Crippen molar-refractivity contribution in [2.75, 3.05) is 19.0 Å². The van der Waals surface area contributed by atoms with E-state index in [1.165, 1.54) is 43.3 Å². The number of hydrogen-bond acceptors (Lipinski definition) is 2. The molecule has 1 aromatic rings. The molecule has 1 unspecified atom stereocenters. The smallest absolute Gasteiger partial charge is 0.388 e. The summed E-state index contributed by atoms with van der Waals surface area (Å²) in [5, 5.41) is 9.71. The highest BCUT2D eigenvalue weighted by molar-refractivity contribution is 5.53. The molecule has 0 saturated heterocycles. The first-order valence-electron chi connectivity index (χ1n) is 6.08. The van der Waals surface area contributed by atoms with Gasteiger partial charge in [0.1, 0.15) is 0 Å². The van der Waals surface area contributed by atoms with Crippen molar-refractivity contribution < 1.29 is 35.8 Å². The van der Waals surface area contributed by atoms with Crippen LogP contribution < -0.4 is 4.90 Å². The fourth-order valence-corrected chi connectivity index (χ4v) is 1.86. The Morgan fingerprint density at radius 1 is 1.00 bits per heavy atom. The summed E-state index contributed by atoms with van der Waals surface area (Å²) in [5.41, 5.74) is 0.0753. The van der Waals surface area contributed by atoms with E-state index in [2.05, 4.69) is 0 Å². The predicted octanol–water partition coefficient (Wildman–Crippen LogP) is 4.01. The molecule has 2 nitrogen and oxygen atoms in total. The molecule has 1 aromatic carbocycles. The molecule has 0 spiro atoms. The summed E-state index contributed by atoms with van der Waals surface area (Å²) >= 11 is 0. The monoisotopic (exact) mass is 333 g/mol. The van der Waals surface area contributed by atoms with Crippen molar-refractivity contribution in [2.45, 2.75) is 30.5 Å². The number of rotatable bonds is 5. The summed E-state index contributed by atoms with van der Waals surface area (Å²) < 4.78 is 88.5. The quantitative estimate of drug-likeness (QED) is 0.823. The zero-order chi connectivity index (χ0) is 17.3. The van der Waals surface area contributed by atoms with Gasteiger partial charge in [0.2, 0.25) is 0 Å². The van der Waals surface area contributed by atoms with Crippen molar-refractivity contribution in [1.29, 1.82) is 0 Å². The average Bonchev–Trinajstić information content (AvgIpc) is 2.36. The number of nitrogens with zero attached hydrogens (tertiary/aromatic N) is 1. The van der Waals surface area contributed by atoms with Crippen LogP contribution in [-0.4, -0.2) is 37.2 Å². The molecule has 0 aliphatic rings. The molecule has 0 aliphatic heterocycles. The first-order valence-corrected chi connectivity index (χ1v) is 6.08. The molecule has 1 atom stereocenters. The summed E-state index contributed by atoms with van der Waals surface area (Å²) in [5.74, 6) is -11.7. The van der Waals surface area contributed by atoms with Crippen molar-refractivity contribution in [2.24, 2.45) is 0 Å². The normalized spacial score (nSPS) is 14.8. The lowest BCUT2D eigenvalue weighted by atomic mass is 9.97. The van der Waals surface area contributed by atoms with Crippen LogP contribution in [-0.2, 0) is 0 Å². The topological polar surface area (TPSA) is 23.5 Å². The molecule has 22 heavy (non-hydrogen) atoms. The van der Waals surface area contributed by atoms with Gasteiger partial charge < -0.3 is 10.0 Å². The molecule has 0 amide bonds. The fourth-order valence-electron chi connectivity index (χ4n) is 1.86. The van der Waals surface area contributed by atoms with E-state index in [0.29, 0.717) is 0 Å². The first-order chi connectivity index (χ1) is 9.81. The Bertz CT molecular complexity index is 513. The van der Waals surface area contributed by atoms with E-state index in [-0.39, 0.29) is 11.3 Å². The maximum absolute atomic E-state index is 13.3. The Hall–Kier alpha value is -1.51. The van der Waals surface area contributed by atoms with Gasteiger partial charge in [-0.25, -0.2) is 0 Å². The van der Waals surface area contributed by atoms with Crippen LogP contribution in [0.2, 0.25) is 0 Å². The minimum Gasteiger partial charge on any atom is -0.388 e. The maximum Gasteiger partial charge on any atom is 0.459 e. The minimum atomic E-state index is -6.41. The van der Waals surface area contributed by atoms with Gasteiger partial charge in [-0.3, -0.25) is 0 Å². The van der Waals surface area contributed by atoms with Crippen molar-refractivity contribution in [3.05, 3.63) is 29.8 Å². The van der Waals surface area contributed by atoms with Crippen molar-refractivity contribution in [3.8, 4) is 0 Å². The number of hydrogen-bond donors (Lipinski definition) is 1. The lowest BCUT2D eigenvalue weighted by molar-refractivity contribution is -0.358. The molecule has 0 heterocycles. The van der Waals surface area contributed by atoms with E-state index >= 15 is 0 Å². The Morgan fingerprint density at radius 3 is 1.95 bits per heavy atom. The Labute approximate surface area is 122 Å². The van der Waals surface area contributed by atoms with Crippen molar-refractivity contribution in [3.63, 3.8) is 0 Å². The van der Waals surface area contributed by atoms with E-state index in [1.807, 2.05) is 0 Å². The van der Waals surface area contributed by atoms with Gasteiger partial charge in [0, 0.05) is 31.8 Å². The standard InChI is InChI=1S/C13H14F7NO/c1-21(2)9-6-4-3-5-8(9)10(22)7-11(14,15)12(16,17)13(18,19)20/h3-6,10,22H,7H2,1-2H3. The number of alkyl halides is 7. The van der Waals surface area contributed by atoms with Gasteiger partial charge in [0.15, 0.2) is 0 Å². The van der Waals surface area contributed by atoms with Crippen molar-refractivity contribution >= 4 is 5.69 Å². The third kappa shape index (κ3) is 3.45. The van der Waals surface area contributed by atoms with Gasteiger partial charge in [0.25, 0.3) is 0 Å². The second-order valence-electron chi connectivity index (χ2n) is 4.95. The van der Waals surface area contributed by atoms with E-state index < -0.39 is 30.5 Å². The average molecular weight is 333 g/mol. The minimum absolute atomic E-state index is 0.162. The van der Waals surface area contributed by atoms with Gasteiger partial charge in [-0.2, -0.15) is 30.7 Å². The summed E-state index contributed by atoms with van der Waals surface area (Å²) in [6, 6.07) is 5.46. The zero-order valence-corrected chi connectivity index (χ0v) is 11.6. The molecule has 9 heteroatoms. The molecular formula is C13H14F7NO. The summed E-state index contributed by atoms with van der Waals surface area (Å²) in [4.78, 5) is 1.42. The number of aliphatic hydroxyl groups is 1. The van der Waals surface area contributed by atoms with E-state index in [1.54, 1.807) is 0 Å². The van der Waals surface area contributed by atoms with Gasteiger partial charge in [0.05, 0.1) is 6.10 Å². The molecule has 126 valence electrons. The first kappa shape index (κ1) is 18.5. The van der Waals surface area contributed by atoms with Crippen LogP contribution in [0.1, 0.15) is 18.1 Å². The Morgan fingerprint density at radius 2 is 1.50 bits per heavy atom. The maximum atomic E-state index is 13.3. The van der Waals surface area contributed by atoms with Gasteiger partial charge >= 0.3 is 18.0 Å². The zero-order valence-electron chi connectivity index (χ0n) is 11.6. The third-order valence-corrected chi connectivity index (χ3v) is 3.04. The van der Waals surface area contributed by atoms with Crippen LogP contribution in [0, 0.1) is 0 Å². The second kappa shape index (κ2) is 5.94. The van der Waals surface area contributed by atoms with Gasteiger partial charge in [-0.15, -0.1) is 0 Å². The van der Waals surface area contributed by atoms with Crippen LogP contribution >= 0.6 is 0 Å². The highest BCUT2D eigenvalue weighted by Crippen LogP contribution is 2.50. The van der Waals surface area contributed by atoms with Gasteiger partial charge in [-0.05, 0) is 6.07 Å². The SMILES string of the molecule is CN(C)c1ccccc1C(O)CC(F)(F)C(F)(F)C(F)(F)F. The number of benzene rings is 1. The van der Waals surface area contributed by atoms with Crippen LogP contribution in [0.5, 0.6) is 0 Å². The van der Waals surface area contributed by atoms with E-state index in [0.717, 1.165) is 0 Å². The van der Waals surface area contributed by atoms with Crippen LogP contribution in [0.25, 0.3) is 0 Å². The predicted molar refractivity (Wildman–Crippen MR) is 66.3 cm³/mol. The number of halogens is 7. The summed E-state index contributed by atoms with van der Waals surface area (Å²) in [6.45, 7) is 0. The summed E-state index contributed by atoms with van der Waals surface area (Å²) in [6.07, 6.45) is -10.6. The summed E-state index contributed by atoms with van der Waals surface area (Å²) in [7, 11) is 3.02. The molecular weight excluding hydrogens is 319 g/mol. The molecule has 0 fully saturated rings. The van der Waals surface area contributed by atoms with E-state index in [4.69, 9.17) is 0 Å². The number of para-hydroxylation sites is 1. The fraction of sp³-hybridized carbons (Fsp3) is 0.538. The second-order valence-corrected chi connectivity index (χ2v) is 4.95. The largest absolute Gasteiger partial charge is 0.459 e. The Balaban J connectivity index is 3.09. The lowest BCUT2D eigenvalue weighted by Crippen LogP contribution is -2.52.